The largest absolute Gasteiger partial charge is 0.507 e. The van der Waals surface area contributed by atoms with Crippen LogP contribution in [0.4, 0.5) is 0 Å². The molecular formula is C47H52N2O3. The zero-order chi connectivity index (χ0) is 37.7. The first-order valence-electron chi connectivity index (χ1n) is 18.1. The van der Waals surface area contributed by atoms with E-state index in [0.717, 1.165) is 66.1 Å². The predicted octanol–water partition coefficient (Wildman–Crippen LogP) is 10.7. The third-order valence-corrected chi connectivity index (χ3v) is 9.89. The smallest absolute Gasteiger partial charge is 0.194 e. The summed E-state index contributed by atoms with van der Waals surface area (Å²) in [5.74, 6) is 0.511. The first-order valence-corrected chi connectivity index (χ1v) is 18.1. The number of hydrogen-bond donors (Lipinski definition) is 2. The Morgan fingerprint density at radius 2 is 0.904 bits per heavy atom. The van der Waals surface area contributed by atoms with Gasteiger partial charge in [-0.05, 0) is 108 Å². The predicted molar refractivity (Wildman–Crippen MR) is 218 cm³/mol. The number of phenols is 2. The minimum atomic E-state index is -0.338. The third kappa shape index (κ3) is 7.08. The molecule has 0 saturated heterocycles. The van der Waals surface area contributed by atoms with Gasteiger partial charge in [-0.2, -0.15) is 0 Å². The molecule has 5 heteroatoms. The number of carbonyl (C=O) groups is 1. The summed E-state index contributed by atoms with van der Waals surface area (Å²) in [7, 11) is 7.98. The summed E-state index contributed by atoms with van der Waals surface area (Å²) in [5.41, 5.74) is 7.33. The lowest BCUT2D eigenvalue weighted by atomic mass is 9.80. The van der Waals surface area contributed by atoms with E-state index in [2.05, 4.69) is 87.7 Å². The van der Waals surface area contributed by atoms with Gasteiger partial charge in [-0.15, -0.1) is 0 Å². The van der Waals surface area contributed by atoms with Crippen LogP contribution in [0.3, 0.4) is 0 Å². The molecule has 0 aliphatic rings. The Morgan fingerprint density at radius 1 is 0.538 bits per heavy atom. The van der Waals surface area contributed by atoms with E-state index in [1.54, 1.807) is 0 Å². The zero-order valence-electron chi connectivity index (χ0n) is 32.3. The zero-order valence-corrected chi connectivity index (χ0v) is 32.3. The lowest BCUT2D eigenvalue weighted by molar-refractivity contribution is 0.104. The van der Waals surface area contributed by atoms with E-state index in [-0.39, 0.29) is 16.6 Å². The highest BCUT2D eigenvalue weighted by molar-refractivity contribution is 6.22. The molecule has 0 aromatic heterocycles. The van der Waals surface area contributed by atoms with E-state index in [9.17, 15) is 10.2 Å². The number of aromatic hydroxyl groups is 2. The number of hydrogen-bond acceptors (Lipinski definition) is 5. The van der Waals surface area contributed by atoms with Crippen LogP contribution in [0.15, 0.2) is 97.1 Å². The number of ketones is 1. The fourth-order valence-electron chi connectivity index (χ4n) is 7.43. The first-order chi connectivity index (χ1) is 24.5. The number of carbonyl (C=O) groups excluding carboxylic acids is 1. The fourth-order valence-corrected chi connectivity index (χ4v) is 7.43. The van der Waals surface area contributed by atoms with Crippen molar-refractivity contribution < 1.29 is 15.0 Å². The minimum absolute atomic E-state index is 0.0828. The van der Waals surface area contributed by atoms with Crippen molar-refractivity contribution in [2.45, 2.75) is 65.5 Å². The summed E-state index contributed by atoms with van der Waals surface area (Å²) in [6, 6.07) is 32.6. The van der Waals surface area contributed by atoms with Crippen LogP contribution in [-0.2, 0) is 23.9 Å². The summed E-state index contributed by atoms with van der Waals surface area (Å²) in [6.45, 7) is 13.7. The molecule has 0 atom stereocenters. The molecule has 0 amide bonds. The molecule has 6 aromatic rings. The number of nitrogens with zero attached hydrogens (tertiary/aromatic N) is 2. The molecule has 268 valence electrons. The van der Waals surface area contributed by atoms with Gasteiger partial charge in [0.15, 0.2) is 5.78 Å². The summed E-state index contributed by atoms with van der Waals surface area (Å²) < 4.78 is 0. The van der Waals surface area contributed by atoms with Crippen LogP contribution in [0.25, 0.3) is 43.8 Å². The van der Waals surface area contributed by atoms with Gasteiger partial charge in [-0.1, -0.05) is 102 Å². The van der Waals surface area contributed by atoms with Gasteiger partial charge in [0.2, 0.25) is 0 Å². The van der Waals surface area contributed by atoms with Gasteiger partial charge in [-0.3, -0.25) is 4.79 Å². The second-order valence-electron chi connectivity index (χ2n) is 16.8. The molecule has 0 heterocycles. The Balaban J connectivity index is 1.69. The SMILES string of the molecule is CN(C)Cc1cc(-c2c(C(=O)c3ccc4ccccc4c3-c3cc(CN(C)C)c(O)c(C(C)(C)C)c3)ccc3ccccc23)cc(C(C)(C)C)c1O. The molecule has 0 bridgehead atoms. The van der Waals surface area contributed by atoms with E-state index in [1.807, 2.05) is 88.9 Å². The van der Waals surface area contributed by atoms with Crippen molar-refractivity contribution in [3.05, 3.63) is 130 Å². The molecule has 6 rings (SSSR count). The van der Waals surface area contributed by atoms with Crippen LogP contribution in [0, 0.1) is 0 Å². The molecule has 0 fully saturated rings. The van der Waals surface area contributed by atoms with Crippen LogP contribution in [0.2, 0.25) is 0 Å². The summed E-state index contributed by atoms with van der Waals surface area (Å²) in [6.07, 6.45) is 0. The van der Waals surface area contributed by atoms with Crippen molar-refractivity contribution in [2.24, 2.45) is 0 Å². The highest BCUT2D eigenvalue weighted by Gasteiger charge is 2.28. The second-order valence-corrected chi connectivity index (χ2v) is 16.8. The van der Waals surface area contributed by atoms with E-state index in [0.29, 0.717) is 35.7 Å². The van der Waals surface area contributed by atoms with E-state index >= 15 is 4.79 Å². The maximum atomic E-state index is 15.4. The Labute approximate surface area is 309 Å². The molecule has 0 aliphatic heterocycles. The maximum absolute atomic E-state index is 15.4. The maximum Gasteiger partial charge on any atom is 0.194 e. The molecular weight excluding hydrogens is 641 g/mol. The quantitative estimate of drug-likeness (QED) is 0.156. The summed E-state index contributed by atoms with van der Waals surface area (Å²) in [4.78, 5) is 19.5. The van der Waals surface area contributed by atoms with Crippen LogP contribution in [0.5, 0.6) is 11.5 Å². The van der Waals surface area contributed by atoms with Gasteiger partial charge in [0, 0.05) is 57.6 Å². The molecule has 0 unspecified atom stereocenters. The van der Waals surface area contributed by atoms with Crippen molar-refractivity contribution in [2.75, 3.05) is 28.2 Å². The molecule has 0 aliphatic carbocycles. The van der Waals surface area contributed by atoms with Gasteiger partial charge in [0.1, 0.15) is 11.5 Å². The first kappa shape index (κ1) is 36.8. The number of benzene rings is 6. The van der Waals surface area contributed by atoms with Crippen LogP contribution < -0.4 is 0 Å². The number of rotatable bonds is 8. The highest BCUT2D eigenvalue weighted by atomic mass is 16.3. The average Bonchev–Trinajstić information content (AvgIpc) is 3.07. The Bertz CT molecular complexity index is 2160. The molecule has 0 saturated carbocycles. The number of phenolic OH excluding ortho intramolecular Hbond substituents is 2. The Morgan fingerprint density at radius 3 is 1.25 bits per heavy atom. The molecule has 0 radical (unpaired) electrons. The van der Waals surface area contributed by atoms with Crippen molar-refractivity contribution in [1.29, 1.82) is 0 Å². The van der Waals surface area contributed by atoms with Gasteiger partial charge in [0.05, 0.1) is 0 Å². The lowest BCUT2D eigenvalue weighted by Crippen LogP contribution is -2.16. The van der Waals surface area contributed by atoms with E-state index in [4.69, 9.17) is 0 Å². The molecule has 2 N–H and O–H groups in total. The molecule has 52 heavy (non-hydrogen) atoms. The molecule has 5 nitrogen and oxygen atoms in total. The van der Waals surface area contributed by atoms with Crippen molar-refractivity contribution in [3.63, 3.8) is 0 Å². The van der Waals surface area contributed by atoms with Gasteiger partial charge < -0.3 is 20.0 Å². The highest BCUT2D eigenvalue weighted by Crippen LogP contribution is 2.44. The Kier molecular flexibility index (Phi) is 9.82. The number of fused-ring (bicyclic) bond motifs is 2. The van der Waals surface area contributed by atoms with Gasteiger partial charge >= 0.3 is 0 Å². The average molecular weight is 693 g/mol. The standard InChI is InChI=1S/C47H52N2O3/c1-46(2,3)39-25-31(23-33(43(39)50)27-48(7)8)41-35-17-13-11-15-29(35)19-21-37(41)45(52)38-22-20-30-16-12-14-18-36(30)42(38)32-24-34(28-49(9)10)44(51)40(26-32)47(4,5)6/h11-26,50-51H,27-28H2,1-10H3. The third-order valence-electron chi connectivity index (χ3n) is 9.89. The minimum Gasteiger partial charge on any atom is -0.507 e. The Hall–Kier alpha value is -4.97. The monoisotopic (exact) mass is 692 g/mol. The topological polar surface area (TPSA) is 64.0 Å². The van der Waals surface area contributed by atoms with Crippen molar-refractivity contribution in [1.82, 2.24) is 9.80 Å². The van der Waals surface area contributed by atoms with Crippen molar-refractivity contribution in [3.8, 4) is 33.8 Å². The van der Waals surface area contributed by atoms with Crippen LogP contribution in [0.1, 0.15) is 79.7 Å². The molecule has 6 aromatic carbocycles. The summed E-state index contributed by atoms with van der Waals surface area (Å²) >= 11 is 0. The van der Waals surface area contributed by atoms with Gasteiger partial charge in [0.25, 0.3) is 0 Å². The van der Waals surface area contributed by atoms with E-state index < -0.39 is 0 Å². The van der Waals surface area contributed by atoms with E-state index in [1.165, 1.54) is 0 Å². The second kappa shape index (κ2) is 13.9. The summed E-state index contributed by atoms with van der Waals surface area (Å²) in [5, 5.41) is 27.1. The van der Waals surface area contributed by atoms with Gasteiger partial charge in [-0.25, -0.2) is 0 Å². The van der Waals surface area contributed by atoms with Crippen LogP contribution >= 0.6 is 0 Å². The van der Waals surface area contributed by atoms with Crippen LogP contribution in [-0.4, -0.2) is 54.0 Å². The lowest BCUT2D eigenvalue weighted by Gasteiger charge is -2.26. The fraction of sp³-hybridized carbons (Fsp3) is 0.298. The molecule has 0 spiro atoms. The normalized spacial score (nSPS) is 12.4. The van der Waals surface area contributed by atoms with Crippen molar-refractivity contribution >= 4 is 27.3 Å².